The molecule has 0 aliphatic heterocycles. The van der Waals surface area contributed by atoms with Crippen molar-refractivity contribution in [2.24, 2.45) is 0 Å². The fraction of sp³-hybridized carbons (Fsp3) is 0.571. The van der Waals surface area contributed by atoms with Gasteiger partial charge in [0, 0.05) is 16.4 Å². The van der Waals surface area contributed by atoms with E-state index < -0.39 is 5.41 Å². The van der Waals surface area contributed by atoms with E-state index in [0.29, 0.717) is 5.56 Å². The number of phenols is 1. The average Bonchev–Trinajstić information content (AvgIpc) is 2.29. The second kappa shape index (κ2) is 4.67. The number of aromatic hydroxyl groups is 1. The minimum absolute atomic E-state index is 0.0381. The van der Waals surface area contributed by atoms with E-state index in [1.54, 1.807) is 6.07 Å². The molecule has 3 nitrogen and oxygen atoms in total. The number of benzene rings is 1. The summed E-state index contributed by atoms with van der Waals surface area (Å²) in [5, 5.41) is 28.6. The lowest BCUT2D eigenvalue weighted by molar-refractivity contribution is 0.211. The number of phenolic OH excluding ortho intramolecular Hbond substituents is 1. The molecule has 1 aromatic rings. The van der Waals surface area contributed by atoms with Crippen molar-refractivity contribution in [1.82, 2.24) is 0 Å². The monoisotopic (exact) mass is 238 g/mol. The van der Waals surface area contributed by atoms with Gasteiger partial charge in [0.15, 0.2) is 0 Å². The molecule has 0 atom stereocenters. The van der Waals surface area contributed by atoms with Crippen LogP contribution in [0.1, 0.15) is 38.8 Å². The van der Waals surface area contributed by atoms with Crippen molar-refractivity contribution >= 4 is 0 Å². The molecule has 0 saturated heterocycles. The predicted octanol–water partition coefficient (Wildman–Crippen LogP) is 1.93. The molecule has 0 saturated carbocycles. The zero-order chi connectivity index (χ0) is 13.3. The van der Waals surface area contributed by atoms with E-state index in [0.717, 1.165) is 5.56 Å². The molecule has 3 heteroatoms. The highest BCUT2D eigenvalue weighted by Crippen LogP contribution is 2.34. The van der Waals surface area contributed by atoms with Crippen molar-refractivity contribution in [2.45, 2.75) is 38.5 Å². The second-order valence-corrected chi connectivity index (χ2v) is 5.82. The Morgan fingerprint density at radius 3 is 1.94 bits per heavy atom. The van der Waals surface area contributed by atoms with Gasteiger partial charge >= 0.3 is 0 Å². The molecule has 0 unspecified atom stereocenters. The highest BCUT2D eigenvalue weighted by atomic mass is 16.3. The van der Waals surface area contributed by atoms with Crippen LogP contribution in [0.2, 0.25) is 0 Å². The van der Waals surface area contributed by atoms with Gasteiger partial charge in [0.05, 0.1) is 13.2 Å². The quantitative estimate of drug-likeness (QED) is 0.751. The molecule has 96 valence electrons. The van der Waals surface area contributed by atoms with E-state index >= 15 is 0 Å². The molecule has 0 aliphatic carbocycles. The Kier molecular flexibility index (Phi) is 3.84. The first-order chi connectivity index (χ1) is 7.74. The topological polar surface area (TPSA) is 60.7 Å². The molecule has 0 radical (unpaired) electrons. The molecule has 0 aromatic heterocycles. The maximum Gasteiger partial charge on any atom is 0.119 e. The third-order valence-electron chi connectivity index (χ3n) is 3.30. The Morgan fingerprint density at radius 2 is 1.47 bits per heavy atom. The fourth-order valence-electron chi connectivity index (χ4n) is 1.68. The van der Waals surface area contributed by atoms with Gasteiger partial charge in [-0.3, -0.25) is 0 Å². The third-order valence-corrected chi connectivity index (χ3v) is 3.30. The van der Waals surface area contributed by atoms with Crippen LogP contribution in [0.4, 0.5) is 0 Å². The average molecular weight is 238 g/mol. The highest BCUT2D eigenvalue weighted by Gasteiger charge is 2.26. The zero-order valence-electron chi connectivity index (χ0n) is 11.0. The van der Waals surface area contributed by atoms with Crippen molar-refractivity contribution in [3.63, 3.8) is 0 Å². The number of hydrogen-bond donors (Lipinski definition) is 3. The molecular weight excluding hydrogens is 216 g/mol. The van der Waals surface area contributed by atoms with Gasteiger partial charge in [-0.05, 0) is 11.6 Å². The maximum absolute atomic E-state index is 9.87. The zero-order valence-corrected chi connectivity index (χ0v) is 11.0. The van der Waals surface area contributed by atoms with Crippen molar-refractivity contribution in [3.05, 3.63) is 29.3 Å². The molecule has 0 fully saturated rings. The van der Waals surface area contributed by atoms with Gasteiger partial charge in [-0.2, -0.15) is 0 Å². The Morgan fingerprint density at radius 1 is 0.941 bits per heavy atom. The van der Waals surface area contributed by atoms with Gasteiger partial charge in [-0.15, -0.1) is 0 Å². The standard InChI is InChI=1S/C14H22O3/c1-13(2,8-15)10-5-6-12(17)11(7-10)14(3,4)9-16/h5-7,15-17H,8-9H2,1-4H3. The summed E-state index contributed by atoms with van der Waals surface area (Å²) in [7, 11) is 0. The lowest BCUT2D eigenvalue weighted by Crippen LogP contribution is -2.26. The SMILES string of the molecule is CC(C)(CO)c1ccc(O)c(C(C)(C)CO)c1. The first kappa shape index (κ1) is 14.0. The van der Waals surface area contributed by atoms with Crippen LogP contribution in [0, 0.1) is 0 Å². The van der Waals surface area contributed by atoms with Crippen molar-refractivity contribution in [1.29, 1.82) is 0 Å². The van der Waals surface area contributed by atoms with Crippen molar-refractivity contribution in [3.8, 4) is 5.75 Å². The molecular formula is C14H22O3. The van der Waals surface area contributed by atoms with Crippen LogP contribution in [0.5, 0.6) is 5.75 Å². The summed E-state index contributed by atoms with van der Waals surface area (Å²) in [5.41, 5.74) is 0.813. The summed E-state index contributed by atoms with van der Waals surface area (Å²) < 4.78 is 0. The van der Waals surface area contributed by atoms with Gasteiger partial charge in [-0.1, -0.05) is 39.8 Å². The summed E-state index contributed by atoms with van der Waals surface area (Å²) in [6.45, 7) is 7.63. The van der Waals surface area contributed by atoms with Crippen LogP contribution < -0.4 is 0 Å². The van der Waals surface area contributed by atoms with E-state index in [4.69, 9.17) is 0 Å². The van der Waals surface area contributed by atoms with Crippen LogP contribution in [0.3, 0.4) is 0 Å². The molecule has 0 spiro atoms. The van der Waals surface area contributed by atoms with Crippen LogP contribution in [0.15, 0.2) is 18.2 Å². The van der Waals surface area contributed by atoms with E-state index in [9.17, 15) is 15.3 Å². The van der Waals surface area contributed by atoms with Crippen LogP contribution in [-0.2, 0) is 10.8 Å². The summed E-state index contributed by atoms with van der Waals surface area (Å²) >= 11 is 0. The van der Waals surface area contributed by atoms with Gasteiger partial charge in [-0.25, -0.2) is 0 Å². The summed E-state index contributed by atoms with van der Waals surface area (Å²) in [4.78, 5) is 0. The fourth-order valence-corrected chi connectivity index (χ4v) is 1.68. The summed E-state index contributed by atoms with van der Waals surface area (Å²) in [5.74, 6) is 0.182. The van der Waals surface area contributed by atoms with E-state index in [-0.39, 0.29) is 24.4 Å². The van der Waals surface area contributed by atoms with Gasteiger partial charge in [0.1, 0.15) is 5.75 Å². The Hall–Kier alpha value is -1.06. The Bertz CT molecular complexity index is 394. The number of hydrogen-bond acceptors (Lipinski definition) is 3. The smallest absolute Gasteiger partial charge is 0.119 e. The lowest BCUT2D eigenvalue weighted by Gasteiger charge is -2.28. The number of aliphatic hydroxyl groups excluding tert-OH is 2. The number of rotatable bonds is 4. The minimum atomic E-state index is -0.494. The maximum atomic E-state index is 9.87. The van der Waals surface area contributed by atoms with E-state index in [1.165, 1.54) is 0 Å². The van der Waals surface area contributed by atoms with Gasteiger partial charge in [0.25, 0.3) is 0 Å². The van der Waals surface area contributed by atoms with Crippen molar-refractivity contribution in [2.75, 3.05) is 13.2 Å². The Labute approximate surface area is 103 Å². The third kappa shape index (κ3) is 2.79. The number of aliphatic hydroxyl groups is 2. The molecule has 3 N–H and O–H groups in total. The molecule has 17 heavy (non-hydrogen) atoms. The molecule has 0 amide bonds. The minimum Gasteiger partial charge on any atom is -0.508 e. The van der Waals surface area contributed by atoms with E-state index in [1.807, 2.05) is 39.8 Å². The summed E-state index contributed by atoms with van der Waals surface area (Å²) in [6.07, 6.45) is 0. The summed E-state index contributed by atoms with van der Waals surface area (Å²) in [6, 6.07) is 5.30. The van der Waals surface area contributed by atoms with Gasteiger partial charge < -0.3 is 15.3 Å². The predicted molar refractivity (Wildman–Crippen MR) is 68.3 cm³/mol. The highest BCUT2D eigenvalue weighted by molar-refractivity contribution is 5.43. The van der Waals surface area contributed by atoms with Crippen LogP contribution >= 0.6 is 0 Å². The first-order valence-corrected chi connectivity index (χ1v) is 5.80. The molecule has 0 heterocycles. The molecule has 1 aromatic carbocycles. The normalized spacial score (nSPS) is 12.8. The van der Waals surface area contributed by atoms with Gasteiger partial charge in [0.2, 0.25) is 0 Å². The molecule has 1 rings (SSSR count). The second-order valence-electron chi connectivity index (χ2n) is 5.82. The lowest BCUT2D eigenvalue weighted by atomic mass is 9.79. The largest absolute Gasteiger partial charge is 0.508 e. The van der Waals surface area contributed by atoms with Crippen LogP contribution in [-0.4, -0.2) is 28.5 Å². The molecule has 0 aliphatic rings. The van der Waals surface area contributed by atoms with E-state index in [2.05, 4.69) is 0 Å². The van der Waals surface area contributed by atoms with Crippen LogP contribution in [0.25, 0.3) is 0 Å². The Balaban J connectivity index is 3.30. The van der Waals surface area contributed by atoms with Crippen molar-refractivity contribution < 1.29 is 15.3 Å². The first-order valence-electron chi connectivity index (χ1n) is 5.80. The molecule has 0 bridgehead atoms.